The second kappa shape index (κ2) is 7.22. The van der Waals surface area contributed by atoms with E-state index in [0.717, 1.165) is 47.1 Å². The van der Waals surface area contributed by atoms with E-state index >= 15 is 0 Å². The lowest BCUT2D eigenvalue weighted by molar-refractivity contribution is -0.129. The topological polar surface area (TPSA) is 84.7 Å². The quantitative estimate of drug-likeness (QED) is 0.607. The van der Waals surface area contributed by atoms with E-state index in [0.29, 0.717) is 17.1 Å². The first-order valence-electron chi connectivity index (χ1n) is 11.2. The minimum atomic E-state index is -0.578. The Balaban J connectivity index is 1.57. The van der Waals surface area contributed by atoms with Gasteiger partial charge in [-0.1, -0.05) is 6.07 Å². The number of pyridine rings is 1. The van der Waals surface area contributed by atoms with Crippen LogP contribution >= 0.6 is 0 Å². The molecule has 3 aliphatic rings. The molecule has 0 radical (unpaired) electrons. The maximum absolute atomic E-state index is 12.9. The van der Waals surface area contributed by atoms with Gasteiger partial charge >= 0.3 is 6.09 Å². The van der Waals surface area contributed by atoms with Crippen molar-refractivity contribution in [2.24, 2.45) is 11.8 Å². The molecule has 2 aromatic heterocycles. The Bertz CT molecular complexity index is 1230. The third-order valence-corrected chi connectivity index (χ3v) is 6.39. The van der Waals surface area contributed by atoms with E-state index in [1.165, 1.54) is 0 Å². The summed E-state index contributed by atoms with van der Waals surface area (Å²) in [5.41, 5.74) is 4.11. The van der Waals surface area contributed by atoms with E-state index in [4.69, 9.17) is 9.15 Å². The molecule has 2 amide bonds. The van der Waals surface area contributed by atoms with Crippen LogP contribution in [-0.4, -0.2) is 29.1 Å². The van der Waals surface area contributed by atoms with Gasteiger partial charge in [0.25, 0.3) is 0 Å². The number of aryl methyl sites for hydroxylation is 1. The Morgan fingerprint density at radius 1 is 1.28 bits per heavy atom. The summed E-state index contributed by atoms with van der Waals surface area (Å²) in [5, 5.41) is 3.79. The Morgan fingerprint density at radius 2 is 2.03 bits per heavy atom. The highest BCUT2D eigenvalue weighted by molar-refractivity contribution is 6.11. The molecular weight excluding hydrogens is 406 g/mol. The number of nitrogens with one attached hydrogen (secondary N) is 1. The smallest absolute Gasteiger partial charge is 0.408 e. The van der Waals surface area contributed by atoms with E-state index in [1.54, 1.807) is 6.20 Å². The number of ether oxygens (including phenoxy) is 1. The van der Waals surface area contributed by atoms with Crippen molar-refractivity contribution in [1.82, 2.24) is 10.3 Å². The van der Waals surface area contributed by atoms with Gasteiger partial charge in [0, 0.05) is 29.6 Å². The first-order valence-corrected chi connectivity index (χ1v) is 11.2. The van der Waals surface area contributed by atoms with Gasteiger partial charge in [0.05, 0.1) is 11.7 Å². The van der Waals surface area contributed by atoms with Gasteiger partial charge in [0.2, 0.25) is 5.91 Å². The van der Waals surface area contributed by atoms with Crippen molar-refractivity contribution in [3.8, 4) is 0 Å². The maximum Gasteiger partial charge on any atom is 0.408 e. The molecular formula is C25H29N3O4. The van der Waals surface area contributed by atoms with Crippen LogP contribution < -0.4 is 10.2 Å². The summed E-state index contributed by atoms with van der Waals surface area (Å²) in [5.74, 6) is 0.884. The van der Waals surface area contributed by atoms with E-state index in [-0.39, 0.29) is 17.9 Å². The largest absolute Gasteiger partial charge is 0.452 e. The van der Waals surface area contributed by atoms with Crippen molar-refractivity contribution < 1.29 is 18.7 Å². The Labute approximate surface area is 187 Å². The Hall–Kier alpha value is -3.09. The lowest BCUT2D eigenvalue weighted by Crippen LogP contribution is -2.53. The normalized spacial score (nSPS) is 21.5. The monoisotopic (exact) mass is 435 g/mol. The van der Waals surface area contributed by atoms with Crippen LogP contribution in [0.1, 0.15) is 57.7 Å². The Morgan fingerprint density at radius 3 is 2.72 bits per heavy atom. The maximum atomic E-state index is 12.9. The highest BCUT2D eigenvalue weighted by Gasteiger charge is 2.44. The van der Waals surface area contributed by atoms with Gasteiger partial charge in [-0.3, -0.25) is 9.78 Å². The molecule has 2 bridgehead atoms. The zero-order valence-corrected chi connectivity index (χ0v) is 19.2. The summed E-state index contributed by atoms with van der Waals surface area (Å²) in [4.78, 5) is 31.7. The summed E-state index contributed by atoms with van der Waals surface area (Å²) in [6.07, 6.45) is 3.26. The number of nitrogens with zero attached hydrogens (tertiary/aromatic N) is 2. The molecule has 4 heterocycles. The number of aromatic nitrogens is 1. The fourth-order valence-corrected chi connectivity index (χ4v) is 4.89. The second-order valence-corrected chi connectivity index (χ2v) is 10.2. The van der Waals surface area contributed by atoms with Crippen molar-refractivity contribution in [1.29, 1.82) is 0 Å². The van der Waals surface area contributed by atoms with E-state index in [9.17, 15) is 9.59 Å². The molecule has 6 rings (SSSR count). The third kappa shape index (κ3) is 3.49. The van der Waals surface area contributed by atoms with Crippen molar-refractivity contribution in [3.05, 3.63) is 35.5 Å². The summed E-state index contributed by atoms with van der Waals surface area (Å²) in [7, 11) is 0. The summed E-state index contributed by atoms with van der Waals surface area (Å²) >= 11 is 0. The van der Waals surface area contributed by atoms with Crippen LogP contribution in [0.4, 0.5) is 10.5 Å². The molecule has 1 saturated carbocycles. The van der Waals surface area contributed by atoms with E-state index in [1.807, 2.05) is 57.7 Å². The average Bonchev–Trinajstić information content (AvgIpc) is 3.03. The van der Waals surface area contributed by atoms with Crippen molar-refractivity contribution >= 4 is 39.8 Å². The lowest BCUT2D eigenvalue weighted by atomic mass is 9.70. The van der Waals surface area contributed by atoms with Gasteiger partial charge < -0.3 is 19.4 Å². The minimum Gasteiger partial charge on any atom is -0.452 e. The predicted octanol–water partition coefficient (Wildman–Crippen LogP) is 5.25. The number of amides is 2. The van der Waals surface area contributed by atoms with Gasteiger partial charge in [-0.2, -0.15) is 0 Å². The van der Waals surface area contributed by atoms with Gasteiger partial charge in [-0.25, -0.2) is 4.79 Å². The number of furan rings is 1. The molecule has 2 aliphatic heterocycles. The molecule has 1 N–H and O–H groups in total. The van der Waals surface area contributed by atoms with Crippen LogP contribution in [0.3, 0.4) is 0 Å². The van der Waals surface area contributed by atoms with Gasteiger partial charge in [0.15, 0.2) is 5.58 Å². The molecule has 0 spiro atoms. The fourth-order valence-electron chi connectivity index (χ4n) is 4.89. The molecule has 7 heteroatoms. The molecule has 7 nitrogen and oxygen atoms in total. The van der Waals surface area contributed by atoms with Crippen molar-refractivity contribution in [2.45, 2.75) is 59.1 Å². The highest BCUT2D eigenvalue weighted by Crippen LogP contribution is 2.44. The van der Waals surface area contributed by atoms with Crippen LogP contribution in [0.15, 0.2) is 28.8 Å². The summed E-state index contributed by atoms with van der Waals surface area (Å²) in [6, 6.07) is 5.58. The number of alkyl carbamates (subject to hydrolysis) is 1. The van der Waals surface area contributed by atoms with E-state index in [2.05, 4.69) is 10.3 Å². The number of carbonyl (C=O) groups excluding carboxylic acids is 2. The van der Waals surface area contributed by atoms with Crippen LogP contribution in [0, 0.1) is 18.8 Å². The Kier molecular flexibility index (Phi) is 4.69. The molecule has 32 heavy (non-hydrogen) atoms. The van der Waals surface area contributed by atoms with Crippen LogP contribution in [-0.2, 0) is 9.53 Å². The van der Waals surface area contributed by atoms with E-state index < -0.39 is 11.7 Å². The average molecular weight is 436 g/mol. The molecule has 3 aromatic rings. The van der Waals surface area contributed by atoms with Crippen LogP contribution in [0.2, 0.25) is 0 Å². The molecule has 168 valence electrons. The number of benzene rings is 1. The highest BCUT2D eigenvalue weighted by atomic mass is 16.6. The number of hydrogen-bond acceptors (Lipinski definition) is 5. The van der Waals surface area contributed by atoms with Gasteiger partial charge in [-0.05, 0) is 71.1 Å². The SMILES string of the molecule is Cc1cc([C@@H](C)NC(=O)OC(C)(C)C)c2oc3c(N4CC5CC(C5)C4=O)ccnc3c2c1. The molecule has 1 aromatic carbocycles. The number of fused-ring (bicyclic) bond motifs is 5. The number of piperidine rings is 2. The summed E-state index contributed by atoms with van der Waals surface area (Å²) < 4.78 is 11.8. The number of rotatable bonds is 3. The lowest BCUT2D eigenvalue weighted by Gasteiger charge is -2.46. The number of carbonyl (C=O) groups is 2. The fraction of sp³-hybridized carbons (Fsp3) is 0.480. The standard InChI is InChI=1S/C25H29N3O4/c1-13-8-17(14(2)27-24(30)32-25(3,4)5)21-18(9-13)20-22(31-21)19(6-7-26-20)28-12-15-10-16(11-15)23(28)29/h6-9,14-16H,10-12H2,1-5H3,(H,27,30)/t14-,15?,16?/m1/s1. The van der Waals surface area contributed by atoms with Crippen LogP contribution in [0.25, 0.3) is 22.1 Å². The van der Waals surface area contributed by atoms with Gasteiger partial charge in [0.1, 0.15) is 16.7 Å². The molecule has 0 unspecified atom stereocenters. The zero-order valence-electron chi connectivity index (χ0n) is 19.2. The number of hydrogen-bond donors (Lipinski definition) is 1. The molecule has 1 atom stereocenters. The predicted molar refractivity (Wildman–Crippen MR) is 123 cm³/mol. The summed E-state index contributed by atoms with van der Waals surface area (Å²) in [6.45, 7) is 10.1. The molecule has 3 fully saturated rings. The second-order valence-electron chi connectivity index (χ2n) is 10.2. The molecule has 1 aliphatic carbocycles. The first-order chi connectivity index (χ1) is 15.1. The number of anilines is 1. The first kappa shape index (κ1) is 20.8. The van der Waals surface area contributed by atoms with Crippen molar-refractivity contribution in [2.75, 3.05) is 11.4 Å². The molecule has 2 saturated heterocycles. The zero-order chi connectivity index (χ0) is 22.8. The van der Waals surface area contributed by atoms with Crippen LogP contribution in [0.5, 0.6) is 0 Å². The van der Waals surface area contributed by atoms with Gasteiger partial charge in [-0.15, -0.1) is 0 Å². The van der Waals surface area contributed by atoms with Crippen molar-refractivity contribution in [3.63, 3.8) is 0 Å². The third-order valence-electron chi connectivity index (χ3n) is 6.39. The minimum absolute atomic E-state index is 0.136.